The van der Waals surface area contributed by atoms with Crippen molar-refractivity contribution in [1.82, 2.24) is 19.7 Å². The fraction of sp³-hybridized carbons (Fsp3) is 0.161. The molecule has 208 valence electrons. The fourth-order valence-corrected chi connectivity index (χ4v) is 6.19. The van der Waals surface area contributed by atoms with Gasteiger partial charge in [-0.2, -0.15) is 4.98 Å². The van der Waals surface area contributed by atoms with Crippen molar-refractivity contribution < 1.29 is 14.1 Å². The topological polar surface area (TPSA) is 129 Å². The second kappa shape index (κ2) is 10.7. The highest BCUT2D eigenvalue weighted by molar-refractivity contribution is 7.98. The molecule has 11 heteroatoms. The summed E-state index contributed by atoms with van der Waals surface area (Å²) in [7, 11) is 0. The Morgan fingerprint density at radius 3 is 2.60 bits per heavy atom. The van der Waals surface area contributed by atoms with Crippen LogP contribution in [0.5, 0.6) is 0 Å². The monoisotopic (exact) mass is 576 g/mol. The Kier molecular flexibility index (Phi) is 6.63. The third kappa shape index (κ3) is 4.77. The Labute approximate surface area is 244 Å². The van der Waals surface area contributed by atoms with Crippen LogP contribution in [0.15, 0.2) is 106 Å². The molecule has 0 unspecified atom stereocenters. The summed E-state index contributed by atoms with van der Waals surface area (Å²) in [5, 5.41) is 20.4. The first-order chi connectivity index (χ1) is 20.5. The first-order valence-corrected chi connectivity index (χ1v) is 14.5. The standard InChI is InChI=1S/C31H24N6O4S/c38-25-12-6-10-23-27(25)28(22-9-4-5-11-24(22)37(39)40)36-30(33-23)34-31(35-36)42-18-19-13-15-21(16-14-19)29-32-17-26(41-29)20-7-2-1-3-8-20/h1-5,7-9,11,13-17,28H,6,10,12,18H2,(H,33,34,35)/t28-/m0/s1. The van der Waals surface area contributed by atoms with Crippen LogP contribution >= 0.6 is 11.8 Å². The molecule has 3 aromatic carbocycles. The summed E-state index contributed by atoms with van der Waals surface area (Å²) in [4.78, 5) is 33.7. The number of hydrogen-bond donors (Lipinski definition) is 1. The quantitative estimate of drug-likeness (QED) is 0.126. The minimum atomic E-state index is -0.714. The number of rotatable bonds is 7. The fourth-order valence-electron chi connectivity index (χ4n) is 5.41. The predicted octanol–water partition coefficient (Wildman–Crippen LogP) is 6.82. The van der Waals surface area contributed by atoms with Crippen molar-refractivity contribution >= 4 is 29.2 Å². The lowest BCUT2D eigenvalue weighted by molar-refractivity contribution is -0.385. The van der Waals surface area contributed by atoms with Crippen LogP contribution in [0.1, 0.15) is 36.4 Å². The maximum Gasteiger partial charge on any atom is 0.275 e. The summed E-state index contributed by atoms with van der Waals surface area (Å²) >= 11 is 1.45. The number of Topliss-reactive ketones (excluding diaryl/α,β-unsaturated/α-hetero) is 1. The first-order valence-electron chi connectivity index (χ1n) is 13.5. The number of oxazole rings is 1. The van der Waals surface area contributed by atoms with Gasteiger partial charge >= 0.3 is 0 Å². The Morgan fingerprint density at radius 1 is 1.00 bits per heavy atom. The van der Waals surface area contributed by atoms with Gasteiger partial charge in [0.1, 0.15) is 6.04 Å². The molecule has 0 saturated heterocycles. The molecule has 1 N–H and O–H groups in total. The number of nitrogens with zero attached hydrogens (tertiary/aromatic N) is 5. The van der Waals surface area contributed by atoms with Crippen LogP contribution in [0.3, 0.4) is 0 Å². The molecule has 7 rings (SSSR count). The van der Waals surface area contributed by atoms with Gasteiger partial charge < -0.3 is 9.73 Å². The van der Waals surface area contributed by atoms with E-state index in [4.69, 9.17) is 14.5 Å². The highest BCUT2D eigenvalue weighted by Gasteiger charge is 2.39. The zero-order valence-electron chi connectivity index (χ0n) is 22.3. The number of anilines is 1. The molecule has 10 nitrogen and oxygen atoms in total. The largest absolute Gasteiger partial charge is 0.436 e. The van der Waals surface area contributed by atoms with Crippen LogP contribution in [-0.4, -0.2) is 30.5 Å². The number of allylic oxidation sites excluding steroid dienone is 2. The van der Waals surface area contributed by atoms with E-state index in [2.05, 4.69) is 10.3 Å². The molecule has 0 bridgehead atoms. The van der Waals surface area contributed by atoms with Crippen molar-refractivity contribution in [2.24, 2.45) is 0 Å². The number of carbonyl (C=O) groups is 1. The van der Waals surface area contributed by atoms with E-state index in [-0.39, 0.29) is 11.5 Å². The first kappa shape index (κ1) is 25.9. The maximum absolute atomic E-state index is 13.1. The van der Waals surface area contributed by atoms with Gasteiger partial charge in [-0.05, 0) is 36.6 Å². The van der Waals surface area contributed by atoms with E-state index in [1.807, 2.05) is 54.6 Å². The summed E-state index contributed by atoms with van der Waals surface area (Å²) < 4.78 is 7.59. The van der Waals surface area contributed by atoms with Gasteiger partial charge in [0.2, 0.25) is 17.0 Å². The van der Waals surface area contributed by atoms with E-state index in [1.54, 1.807) is 29.1 Å². The number of nitro benzene ring substituents is 1. The van der Waals surface area contributed by atoms with Gasteiger partial charge in [-0.15, -0.1) is 5.10 Å². The van der Waals surface area contributed by atoms with Crippen molar-refractivity contribution in [3.63, 3.8) is 0 Å². The molecule has 42 heavy (non-hydrogen) atoms. The second-order valence-electron chi connectivity index (χ2n) is 10.1. The van der Waals surface area contributed by atoms with Crippen LogP contribution in [0.2, 0.25) is 0 Å². The number of nitrogens with one attached hydrogen (secondary N) is 1. The maximum atomic E-state index is 13.1. The van der Waals surface area contributed by atoms with Crippen LogP contribution in [0.25, 0.3) is 22.8 Å². The summed E-state index contributed by atoms with van der Waals surface area (Å²) in [6.45, 7) is 0. The average Bonchev–Trinajstić information content (AvgIpc) is 3.67. The van der Waals surface area contributed by atoms with Gasteiger partial charge in [0.15, 0.2) is 11.5 Å². The summed E-state index contributed by atoms with van der Waals surface area (Å²) in [5.41, 5.74) is 4.57. The van der Waals surface area contributed by atoms with Crippen LogP contribution in [0, 0.1) is 10.1 Å². The number of nitro groups is 1. The minimum Gasteiger partial charge on any atom is -0.436 e. The number of benzene rings is 3. The predicted molar refractivity (Wildman–Crippen MR) is 158 cm³/mol. The molecular formula is C31H24N6O4S. The van der Waals surface area contributed by atoms with E-state index in [1.165, 1.54) is 17.8 Å². The van der Waals surface area contributed by atoms with Crippen molar-refractivity contribution in [3.05, 3.63) is 118 Å². The lowest BCUT2D eigenvalue weighted by Gasteiger charge is -2.31. The molecule has 0 saturated carbocycles. The lowest BCUT2D eigenvalue weighted by Crippen LogP contribution is -2.31. The number of para-hydroxylation sites is 1. The minimum absolute atomic E-state index is 0.0238. The van der Waals surface area contributed by atoms with Crippen LogP contribution < -0.4 is 5.32 Å². The van der Waals surface area contributed by atoms with Gasteiger partial charge in [-0.1, -0.05) is 66.4 Å². The Hall–Kier alpha value is -5.03. The molecular weight excluding hydrogens is 552 g/mol. The smallest absolute Gasteiger partial charge is 0.275 e. The van der Waals surface area contributed by atoms with Gasteiger partial charge in [0, 0.05) is 40.6 Å². The van der Waals surface area contributed by atoms with E-state index in [9.17, 15) is 14.9 Å². The van der Waals surface area contributed by atoms with Crippen LogP contribution in [-0.2, 0) is 10.5 Å². The Morgan fingerprint density at radius 2 is 1.79 bits per heavy atom. The van der Waals surface area contributed by atoms with Crippen molar-refractivity contribution in [1.29, 1.82) is 0 Å². The van der Waals surface area contributed by atoms with E-state index in [0.29, 0.717) is 52.5 Å². The third-order valence-corrected chi connectivity index (χ3v) is 8.32. The zero-order valence-corrected chi connectivity index (χ0v) is 23.1. The molecule has 1 aliphatic heterocycles. The lowest BCUT2D eigenvalue weighted by atomic mass is 9.85. The number of carbonyl (C=O) groups excluding carboxylic acids is 1. The molecule has 2 aromatic heterocycles. The second-order valence-corrected chi connectivity index (χ2v) is 11.0. The van der Waals surface area contributed by atoms with Crippen molar-refractivity contribution in [2.45, 2.75) is 36.2 Å². The number of hydrogen-bond acceptors (Lipinski definition) is 9. The summed E-state index contributed by atoms with van der Waals surface area (Å²) in [6.07, 6.45) is 3.53. The van der Waals surface area contributed by atoms with E-state index in [0.717, 1.165) is 28.8 Å². The molecule has 0 radical (unpaired) electrons. The summed E-state index contributed by atoms with van der Waals surface area (Å²) in [6, 6.07) is 23.6. The molecule has 5 aromatic rings. The number of ketones is 1. The van der Waals surface area contributed by atoms with Crippen LogP contribution in [0.4, 0.5) is 11.6 Å². The van der Waals surface area contributed by atoms with Gasteiger partial charge in [0.05, 0.1) is 16.7 Å². The SMILES string of the molecule is O=C1CCCC2=C1[C@H](c1ccccc1[N+](=O)[O-])n1nc(SCc3ccc(-c4ncc(-c5ccccc5)o4)cc3)nc1N2. The van der Waals surface area contributed by atoms with Gasteiger partial charge in [-0.25, -0.2) is 9.67 Å². The van der Waals surface area contributed by atoms with Gasteiger partial charge in [-0.3, -0.25) is 14.9 Å². The number of fused-ring (bicyclic) bond motifs is 1. The molecule has 0 amide bonds. The number of aromatic nitrogens is 4. The highest BCUT2D eigenvalue weighted by Crippen LogP contribution is 2.43. The molecule has 3 heterocycles. The third-order valence-electron chi connectivity index (χ3n) is 7.41. The van der Waals surface area contributed by atoms with E-state index < -0.39 is 11.0 Å². The summed E-state index contributed by atoms with van der Waals surface area (Å²) in [5.74, 6) is 2.32. The normalized spacial score (nSPS) is 16.1. The molecule has 1 aliphatic carbocycles. The highest BCUT2D eigenvalue weighted by atomic mass is 32.2. The molecule has 1 atom stereocenters. The number of thioether (sulfide) groups is 1. The molecule has 0 spiro atoms. The van der Waals surface area contributed by atoms with Crippen molar-refractivity contribution in [3.8, 4) is 22.8 Å². The van der Waals surface area contributed by atoms with Gasteiger partial charge in [0.25, 0.3) is 5.69 Å². The Balaban J connectivity index is 1.12. The van der Waals surface area contributed by atoms with E-state index >= 15 is 0 Å². The van der Waals surface area contributed by atoms with Crippen molar-refractivity contribution in [2.75, 3.05) is 5.32 Å². The Bertz CT molecular complexity index is 1840. The zero-order chi connectivity index (χ0) is 28.6. The molecule has 2 aliphatic rings. The molecule has 0 fully saturated rings. The average molecular weight is 577 g/mol.